The lowest BCUT2D eigenvalue weighted by Gasteiger charge is -2.42. The molecular formula is C26H36N4O2. The van der Waals surface area contributed by atoms with Gasteiger partial charge >= 0.3 is 0 Å². The van der Waals surface area contributed by atoms with E-state index in [2.05, 4.69) is 40.1 Å². The van der Waals surface area contributed by atoms with Crippen LogP contribution in [0.3, 0.4) is 0 Å². The van der Waals surface area contributed by atoms with Crippen LogP contribution in [0.2, 0.25) is 0 Å². The molecule has 1 aromatic carbocycles. The standard InChI is InChI=1S/C26H36N4O2/c1-3-5-19(2)18-30-12-10-26(11-13-30,22-6-4-7-23(31)14-22)25-28-16-21(17-29-25)24(32)27-15-20-8-9-20/h4,6-7,14,16-17,19-20,31H,3,5,8-13,15,18H2,1-2H3,(H,27,32). The van der Waals surface area contributed by atoms with E-state index in [0.717, 1.165) is 50.4 Å². The van der Waals surface area contributed by atoms with Gasteiger partial charge in [-0.25, -0.2) is 9.97 Å². The second-order valence-corrected chi connectivity index (χ2v) is 9.78. The monoisotopic (exact) mass is 436 g/mol. The number of phenols is 1. The Morgan fingerprint density at radius 3 is 2.59 bits per heavy atom. The molecule has 0 spiro atoms. The van der Waals surface area contributed by atoms with Crippen molar-refractivity contribution in [3.05, 3.63) is 53.6 Å². The second-order valence-electron chi connectivity index (χ2n) is 9.78. The van der Waals surface area contributed by atoms with Crippen LogP contribution in [0.1, 0.15) is 74.1 Å². The largest absolute Gasteiger partial charge is 0.508 e. The summed E-state index contributed by atoms with van der Waals surface area (Å²) in [6, 6.07) is 7.50. The summed E-state index contributed by atoms with van der Waals surface area (Å²) in [5.74, 6) is 2.23. The third kappa shape index (κ3) is 5.29. The molecule has 2 aromatic rings. The van der Waals surface area contributed by atoms with Gasteiger partial charge in [0.2, 0.25) is 0 Å². The molecule has 1 aliphatic carbocycles. The van der Waals surface area contributed by atoms with Crippen molar-refractivity contribution >= 4 is 5.91 Å². The van der Waals surface area contributed by atoms with Crippen LogP contribution in [0.4, 0.5) is 0 Å². The van der Waals surface area contributed by atoms with Crippen LogP contribution in [0.15, 0.2) is 36.7 Å². The highest BCUT2D eigenvalue weighted by Crippen LogP contribution is 2.41. The molecule has 32 heavy (non-hydrogen) atoms. The summed E-state index contributed by atoms with van der Waals surface area (Å²) < 4.78 is 0. The number of likely N-dealkylation sites (tertiary alicyclic amines) is 1. The van der Waals surface area contributed by atoms with Crippen LogP contribution in [-0.4, -0.2) is 52.1 Å². The number of amides is 1. The van der Waals surface area contributed by atoms with Gasteiger partial charge in [-0.3, -0.25) is 4.79 Å². The van der Waals surface area contributed by atoms with Gasteiger partial charge in [-0.15, -0.1) is 0 Å². The topological polar surface area (TPSA) is 78.3 Å². The molecule has 4 rings (SSSR count). The van der Waals surface area contributed by atoms with Crippen LogP contribution in [0.5, 0.6) is 5.75 Å². The van der Waals surface area contributed by atoms with E-state index < -0.39 is 0 Å². The molecule has 0 bridgehead atoms. The molecular weight excluding hydrogens is 400 g/mol. The lowest BCUT2D eigenvalue weighted by atomic mass is 9.71. The highest BCUT2D eigenvalue weighted by Gasteiger charge is 2.40. The highest BCUT2D eigenvalue weighted by molar-refractivity contribution is 5.93. The maximum absolute atomic E-state index is 12.4. The number of benzene rings is 1. The summed E-state index contributed by atoms with van der Waals surface area (Å²) in [5, 5.41) is 13.1. The summed E-state index contributed by atoms with van der Waals surface area (Å²) >= 11 is 0. The van der Waals surface area contributed by atoms with Crippen LogP contribution < -0.4 is 5.32 Å². The number of nitrogens with one attached hydrogen (secondary N) is 1. The van der Waals surface area contributed by atoms with Gasteiger partial charge in [0.05, 0.1) is 11.0 Å². The lowest BCUT2D eigenvalue weighted by molar-refractivity contribution is 0.0950. The molecule has 1 saturated heterocycles. The maximum atomic E-state index is 12.4. The minimum atomic E-state index is -0.355. The van der Waals surface area contributed by atoms with Crippen molar-refractivity contribution in [2.75, 3.05) is 26.2 Å². The normalized spacial score (nSPS) is 19.4. The first-order valence-electron chi connectivity index (χ1n) is 12.1. The molecule has 1 aromatic heterocycles. The fourth-order valence-corrected chi connectivity index (χ4v) is 4.94. The smallest absolute Gasteiger partial charge is 0.254 e. The summed E-state index contributed by atoms with van der Waals surface area (Å²) in [4.78, 5) is 24.3. The SMILES string of the molecule is CCCC(C)CN1CCC(c2cccc(O)c2)(c2ncc(C(=O)NCC3CC3)cn2)CC1. The lowest BCUT2D eigenvalue weighted by Crippen LogP contribution is -2.45. The molecule has 2 fully saturated rings. The first-order valence-corrected chi connectivity index (χ1v) is 12.1. The van der Waals surface area contributed by atoms with Crippen molar-refractivity contribution in [2.24, 2.45) is 11.8 Å². The number of aromatic nitrogens is 2. The van der Waals surface area contributed by atoms with Crippen LogP contribution in [-0.2, 0) is 5.41 Å². The van der Waals surface area contributed by atoms with Crippen molar-refractivity contribution in [3.63, 3.8) is 0 Å². The zero-order chi connectivity index (χ0) is 22.6. The van der Waals surface area contributed by atoms with Gasteiger partial charge < -0.3 is 15.3 Å². The third-order valence-corrected chi connectivity index (χ3v) is 7.05. The number of hydrogen-bond acceptors (Lipinski definition) is 5. The fraction of sp³-hybridized carbons (Fsp3) is 0.577. The first-order chi connectivity index (χ1) is 15.5. The van der Waals surface area contributed by atoms with E-state index in [0.29, 0.717) is 17.4 Å². The van der Waals surface area contributed by atoms with Crippen molar-refractivity contribution in [1.82, 2.24) is 20.2 Å². The Kier molecular flexibility index (Phi) is 7.09. The Balaban J connectivity index is 1.53. The van der Waals surface area contributed by atoms with Crippen molar-refractivity contribution in [1.29, 1.82) is 0 Å². The zero-order valence-electron chi connectivity index (χ0n) is 19.4. The number of nitrogens with zero attached hydrogens (tertiary/aromatic N) is 3. The highest BCUT2D eigenvalue weighted by atomic mass is 16.3. The molecule has 2 N–H and O–H groups in total. The molecule has 2 heterocycles. The molecule has 1 atom stereocenters. The molecule has 6 heteroatoms. The number of hydrogen-bond donors (Lipinski definition) is 2. The molecule has 1 unspecified atom stereocenters. The van der Waals surface area contributed by atoms with Gasteiger partial charge in [0.1, 0.15) is 11.6 Å². The van der Waals surface area contributed by atoms with E-state index in [1.165, 1.54) is 25.7 Å². The number of carbonyl (C=O) groups is 1. The maximum Gasteiger partial charge on any atom is 0.254 e. The van der Waals surface area contributed by atoms with Gasteiger partial charge in [-0.2, -0.15) is 0 Å². The molecule has 1 saturated carbocycles. The second kappa shape index (κ2) is 9.99. The quantitative estimate of drug-likeness (QED) is 0.618. The summed E-state index contributed by atoms with van der Waals surface area (Å²) in [5.41, 5.74) is 1.20. The van der Waals surface area contributed by atoms with Crippen LogP contribution in [0, 0.1) is 11.8 Å². The fourth-order valence-electron chi connectivity index (χ4n) is 4.94. The average molecular weight is 437 g/mol. The van der Waals surface area contributed by atoms with Crippen LogP contribution in [0.25, 0.3) is 0 Å². The number of piperidine rings is 1. The average Bonchev–Trinajstić information content (AvgIpc) is 3.63. The molecule has 6 nitrogen and oxygen atoms in total. The Bertz CT molecular complexity index is 902. The van der Waals surface area contributed by atoms with Gasteiger partial charge in [0.15, 0.2) is 0 Å². The predicted octanol–water partition coefficient (Wildman–Crippen LogP) is 4.14. The Labute approximate surface area is 191 Å². The van der Waals surface area contributed by atoms with Gasteiger partial charge in [-0.05, 0) is 74.7 Å². The van der Waals surface area contributed by atoms with E-state index in [1.54, 1.807) is 18.5 Å². The molecule has 1 aliphatic heterocycles. The summed E-state index contributed by atoms with van der Waals surface area (Å²) in [6.45, 7) is 8.36. The van der Waals surface area contributed by atoms with Gasteiger partial charge in [0, 0.05) is 25.5 Å². The number of carbonyl (C=O) groups excluding carboxylic acids is 1. The number of phenolic OH excluding ortho intramolecular Hbond substituents is 1. The number of aromatic hydroxyl groups is 1. The third-order valence-electron chi connectivity index (χ3n) is 7.05. The van der Waals surface area contributed by atoms with Crippen molar-refractivity contribution in [3.8, 4) is 5.75 Å². The zero-order valence-corrected chi connectivity index (χ0v) is 19.4. The van der Waals surface area contributed by atoms with E-state index in [-0.39, 0.29) is 17.1 Å². The minimum Gasteiger partial charge on any atom is -0.508 e. The van der Waals surface area contributed by atoms with E-state index in [9.17, 15) is 9.90 Å². The van der Waals surface area contributed by atoms with E-state index in [4.69, 9.17) is 0 Å². The van der Waals surface area contributed by atoms with Gasteiger partial charge in [-0.1, -0.05) is 32.4 Å². The van der Waals surface area contributed by atoms with Crippen LogP contribution >= 0.6 is 0 Å². The number of rotatable bonds is 9. The molecule has 1 amide bonds. The molecule has 0 radical (unpaired) electrons. The predicted molar refractivity (Wildman–Crippen MR) is 126 cm³/mol. The Morgan fingerprint density at radius 2 is 1.97 bits per heavy atom. The van der Waals surface area contributed by atoms with Crippen molar-refractivity contribution < 1.29 is 9.90 Å². The van der Waals surface area contributed by atoms with Crippen molar-refractivity contribution in [2.45, 2.75) is 57.8 Å². The summed E-state index contributed by atoms with van der Waals surface area (Å²) in [7, 11) is 0. The van der Waals surface area contributed by atoms with E-state index in [1.807, 2.05) is 12.1 Å². The Hall–Kier alpha value is -2.47. The van der Waals surface area contributed by atoms with E-state index >= 15 is 0 Å². The van der Waals surface area contributed by atoms with Gasteiger partial charge in [0.25, 0.3) is 5.91 Å². The first kappa shape index (κ1) is 22.7. The molecule has 172 valence electrons. The summed E-state index contributed by atoms with van der Waals surface area (Å²) in [6.07, 6.45) is 9.98. The minimum absolute atomic E-state index is 0.102. The molecule has 2 aliphatic rings. The Morgan fingerprint density at radius 1 is 1.25 bits per heavy atom.